The molecule has 1 aliphatic rings. The van der Waals surface area contributed by atoms with Crippen LogP contribution in [-0.4, -0.2) is 69.8 Å². The van der Waals surface area contributed by atoms with E-state index in [-0.39, 0.29) is 29.3 Å². The number of alkyl halides is 3. The van der Waals surface area contributed by atoms with Gasteiger partial charge in [-0.15, -0.1) is 5.10 Å². The van der Waals surface area contributed by atoms with Crippen LogP contribution >= 0.6 is 0 Å². The number of methoxy groups -OCH3 is 1. The van der Waals surface area contributed by atoms with Gasteiger partial charge >= 0.3 is 6.18 Å². The van der Waals surface area contributed by atoms with Gasteiger partial charge < -0.3 is 15.0 Å². The van der Waals surface area contributed by atoms with Gasteiger partial charge in [-0.25, -0.2) is 9.67 Å². The molecule has 0 aliphatic heterocycles. The van der Waals surface area contributed by atoms with Crippen molar-refractivity contribution in [2.24, 2.45) is 0 Å². The summed E-state index contributed by atoms with van der Waals surface area (Å²) < 4.78 is 48.0. The fourth-order valence-corrected chi connectivity index (χ4v) is 4.84. The van der Waals surface area contributed by atoms with Crippen molar-refractivity contribution >= 4 is 11.8 Å². The van der Waals surface area contributed by atoms with E-state index in [2.05, 4.69) is 20.4 Å². The molecule has 40 heavy (non-hydrogen) atoms. The number of aryl methyl sites for hydroxylation is 1. The van der Waals surface area contributed by atoms with Crippen molar-refractivity contribution in [3.8, 4) is 11.5 Å². The molecule has 0 spiro atoms. The largest absolute Gasteiger partial charge is 0.418 e. The van der Waals surface area contributed by atoms with Crippen molar-refractivity contribution in [3.63, 3.8) is 0 Å². The van der Waals surface area contributed by atoms with Crippen molar-refractivity contribution < 1.29 is 27.5 Å². The lowest BCUT2D eigenvalue weighted by Crippen LogP contribution is -2.48. The number of likely N-dealkylation sites (N-methyl/N-ethyl adjacent to an activating group) is 1. The number of aromatic nitrogens is 4. The summed E-state index contributed by atoms with van der Waals surface area (Å²) in [5.74, 6) is -1.48. The average molecular weight is 559 g/mol. The second kappa shape index (κ2) is 13.0. The zero-order valence-electron chi connectivity index (χ0n) is 22.5. The zero-order valence-corrected chi connectivity index (χ0v) is 22.5. The number of hydrogen-bond acceptors (Lipinski definition) is 6. The summed E-state index contributed by atoms with van der Waals surface area (Å²) in [6.07, 6.45) is 0.607. The summed E-state index contributed by atoms with van der Waals surface area (Å²) in [7, 11) is 3.15. The van der Waals surface area contributed by atoms with E-state index in [9.17, 15) is 22.8 Å². The highest BCUT2D eigenvalue weighted by Gasteiger charge is 2.37. The Hall–Kier alpha value is -3.80. The van der Waals surface area contributed by atoms with Gasteiger partial charge in [0.15, 0.2) is 5.82 Å². The van der Waals surface area contributed by atoms with Crippen LogP contribution in [-0.2, 0) is 22.1 Å². The Morgan fingerprint density at radius 2 is 1.88 bits per heavy atom. The predicted molar refractivity (Wildman–Crippen MR) is 141 cm³/mol. The molecule has 4 rings (SSSR count). The Morgan fingerprint density at radius 3 is 2.55 bits per heavy atom. The van der Waals surface area contributed by atoms with Crippen LogP contribution in [0.4, 0.5) is 13.2 Å². The van der Waals surface area contributed by atoms with Crippen LogP contribution < -0.4 is 5.32 Å². The normalized spacial score (nSPS) is 14.7. The van der Waals surface area contributed by atoms with Gasteiger partial charge in [0.25, 0.3) is 5.91 Å². The maximum absolute atomic E-state index is 13.8. The van der Waals surface area contributed by atoms with E-state index in [1.54, 1.807) is 7.05 Å². The standard InChI is InChI=1S/C28H33F3N6O3/c1-36(17-18-40-2)27(39)22(15-14-19-9-4-3-5-10-19)33-26(38)24-34-25(37(35-24)20-11-6-7-12-20)23-21(28(29,30)31)13-8-16-32-23/h3-5,8-10,13,16,20,22H,6-7,11-12,14-15,17-18H2,1-2H3,(H,33,38)/t22-/m0/s1. The lowest BCUT2D eigenvalue weighted by atomic mass is 10.0. The van der Waals surface area contributed by atoms with Crippen molar-refractivity contribution in [1.82, 2.24) is 30.0 Å². The molecule has 0 unspecified atom stereocenters. The van der Waals surface area contributed by atoms with E-state index in [0.717, 1.165) is 24.5 Å². The highest BCUT2D eigenvalue weighted by molar-refractivity contribution is 5.95. The Bertz CT molecular complexity index is 1290. The van der Waals surface area contributed by atoms with Crippen LogP contribution in [0.3, 0.4) is 0 Å². The lowest BCUT2D eigenvalue weighted by Gasteiger charge is -2.24. The van der Waals surface area contributed by atoms with Gasteiger partial charge in [-0.2, -0.15) is 13.2 Å². The average Bonchev–Trinajstić information content (AvgIpc) is 3.64. The van der Waals surface area contributed by atoms with Gasteiger partial charge in [0.2, 0.25) is 11.7 Å². The molecule has 2 amide bonds. The van der Waals surface area contributed by atoms with Crippen molar-refractivity contribution in [2.45, 2.75) is 56.8 Å². The minimum absolute atomic E-state index is 0.116. The minimum atomic E-state index is -4.67. The molecule has 1 fully saturated rings. The summed E-state index contributed by atoms with van der Waals surface area (Å²) in [6, 6.07) is 10.6. The number of nitrogens with zero attached hydrogens (tertiary/aromatic N) is 5. The van der Waals surface area contributed by atoms with Gasteiger partial charge in [0.1, 0.15) is 11.7 Å². The molecule has 12 heteroatoms. The molecule has 0 radical (unpaired) electrons. The molecule has 1 saturated carbocycles. The summed E-state index contributed by atoms with van der Waals surface area (Å²) in [5.41, 5.74) is -0.344. The van der Waals surface area contributed by atoms with Gasteiger partial charge in [-0.1, -0.05) is 43.2 Å². The third kappa shape index (κ3) is 7.04. The molecule has 0 bridgehead atoms. The van der Waals surface area contributed by atoms with Crippen molar-refractivity contribution in [3.05, 3.63) is 65.6 Å². The van der Waals surface area contributed by atoms with Gasteiger partial charge in [-0.05, 0) is 43.4 Å². The Balaban J connectivity index is 1.64. The van der Waals surface area contributed by atoms with Crippen LogP contribution in [0.25, 0.3) is 11.5 Å². The zero-order chi connectivity index (χ0) is 28.7. The molecule has 1 aliphatic carbocycles. The molecule has 1 N–H and O–H groups in total. The van der Waals surface area contributed by atoms with Gasteiger partial charge in [0, 0.05) is 26.9 Å². The Labute approximate surface area is 230 Å². The van der Waals surface area contributed by atoms with Crippen LogP contribution in [0.1, 0.15) is 59.9 Å². The van der Waals surface area contributed by atoms with Crippen LogP contribution in [0, 0.1) is 0 Å². The second-order valence-electron chi connectivity index (χ2n) is 9.84. The number of carbonyl (C=O) groups excluding carboxylic acids is 2. The first-order chi connectivity index (χ1) is 19.2. The maximum Gasteiger partial charge on any atom is 0.418 e. The first-order valence-corrected chi connectivity index (χ1v) is 13.3. The van der Waals surface area contributed by atoms with Gasteiger partial charge in [0.05, 0.1) is 18.2 Å². The number of amides is 2. The summed E-state index contributed by atoms with van der Waals surface area (Å²) >= 11 is 0. The minimum Gasteiger partial charge on any atom is -0.383 e. The number of carbonyl (C=O) groups is 2. The molecule has 214 valence electrons. The van der Waals surface area contributed by atoms with Gasteiger partial charge in [-0.3, -0.25) is 14.6 Å². The van der Waals surface area contributed by atoms with Crippen molar-refractivity contribution in [2.75, 3.05) is 27.3 Å². The SMILES string of the molecule is COCCN(C)C(=O)[C@H](CCc1ccccc1)NC(=O)c1nc(-c2ncccc2C(F)(F)F)n(C2CCCC2)n1. The topological polar surface area (TPSA) is 102 Å². The van der Waals surface area contributed by atoms with E-state index >= 15 is 0 Å². The van der Waals surface area contributed by atoms with E-state index in [1.165, 1.54) is 29.0 Å². The lowest BCUT2D eigenvalue weighted by molar-refractivity contribution is -0.137. The molecular weight excluding hydrogens is 525 g/mol. The monoisotopic (exact) mass is 558 g/mol. The van der Waals surface area contributed by atoms with E-state index in [4.69, 9.17) is 4.74 Å². The fraction of sp³-hybridized carbons (Fsp3) is 0.464. The predicted octanol–water partition coefficient (Wildman–Crippen LogP) is 4.31. The first kappa shape index (κ1) is 29.2. The molecule has 1 aromatic carbocycles. The number of nitrogens with one attached hydrogen (secondary N) is 1. The highest BCUT2D eigenvalue weighted by atomic mass is 19.4. The first-order valence-electron chi connectivity index (χ1n) is 13.3. The molecule has 9 nitrogen and oxygen atoms in total. The smallest absolute Gasteiger partial charge is 0.383 e. The van der Waals surface area contributed by atoms with Crippen LogP contribution in [0.15, 0.2) is 48.7 Å². The Morgan fingerprint density at radius 1 is 1.15 bits per heavy atom. The number of rotatable bonds is 11. The van der Waals surface area contributed by atoms with Crippen molar-refractivity contribution in [1.29, 1.82) is 0 Å². The molecule has 2 aromatic heterocycles. The van der Waals surface area contributed by atoms with Crippen LogP contribution in [0.5, 0.6) is 0 Å². The molecule has 0 saturated heterocycles. The second-order valence-corrected chi connectivity index (χ2v) is 9.84. The summed E-state index contributed by atoms with van der Waals surface area (Å²) in [5, 5.41) is 7.09. The summed E-state index contributed by atoms with van der Waals surface area (Å²) in [4.78, 5) is 36.4. The molecular formula is C28H33F3N6O3. The maximum atomic E-state index is 13.8. The highest BCUT2D eigenvalue weighted by Crippen LogP contribution is 2.38. The van der Waals surface area contributed by atoms with Crippen LogP contribution in [0.2, 0.25) is 0 Å². The fourth-order valence-electron chi connectivity index (χ4n) is 4.84. The third-order valence-electron chi connectivity index (χ3n) is 7.00. The van der Waals surface area contributed by atoms with E-state index in [1.807, 2.05) is 30.3 Å². The van der Waals surface area contributed by atoms with E-state index < -0.39 is 23.7 Å². The number of pyridine rings is 1. The number of hydrogen-bond donors (Lipinski definition) is 1. The molecule has 3 aromatic rings. The number of benzene rings is 1. The Kier molecular flexibility index (Phi) is 9.51. The third-order valence-corrected chi connectivity index (χ3v) is 7.00. The van der Waals surface area contributed by atoms with E-state index in [0.29, 0.717) is 38.8 Å². The number of halogens is 3. The molecule has 1 atom stereocenters. The molecule has 2 heterocycles. The quantitative estimate of drug-likeness (QED) is 0.376. The number of ether oxygens (including phenoxy) is 1. The summed E-state index contributed by atoms with van der Waals surface area (Å²) in [6.45, 7) is 0.648.